The van der Waals surface area contributed by atoms with Crippen molar-refractivity contribution in [1.29, 1.82) is 0 Å². The molecule has 1 rings (SSSR count). The van der Waals surface area contributed by atoms with Crippen molar-refractivity contribution in [2.45, 2.75) is 65.2 Å². The van der Waals surface area contributed by atoms with Gasteiger partial charge in [0, 0.05) is 32.3 Å². The molecule has 0 N–H and O–H groups in total. The van der Waals surface area contributed by atoms with Crippen LogP contribution >= 0.6 is 7.37 Å². The lowest BCUT2D eigenvalue weighted by molar-refractivity contribution is -0.265. The number of esters is 2. The molecule has 0 aromatic carbocycles. The van der Waals surface area contributed by atoms with Crippen molar-refractivity contribution in [3.8, 4) is 0 Å². The Labute approximate surface area is 152 Å². The van der Waals surface area contributed by atoms with Gasteiger partial charge in [0.2, 0.25) is 6.29 Å². The zero-order valence-corrected chi connectivity index (χ0v) is 16.8. The summed E-state index contributed by atoms with van der Waals surface area (Å²) < 4.78 is 61.9. The van der Waals surface area contributed by atoms with Crippen molar-refractivity contribution >= 4 is 19.3 Å². The number of carbonyl (C=O) groups excluding carboxylic acids is 2. The van der Waals surface area contributed by atoms with Gasteiger partial charge in [-0.1, -0.05) is 13.8 Å². The maximum atomic E-state index is 14.6. The molecular formula is C16H27F2O7P. The summed E-state index contributed by atoms with van der Waals surface area (Å²) in [6.07, 6.45) is -4.37. The van der Waals surface area contributed by atoms with Crippen LogP contribution in [0.5, 0.6) is 0 Å². The summed E-state index contributed by atoms with van der Waals surface area (Å²) in [6, 6.07) is 0. The fourth-order valence-electron chi connectivity index (χ4n) is 2.85. The minimum absolute atomic E-state index is 0.133. The molecule has 0 bridgehead atoms. The molecule has 1 aliphatic heterocycles. The first-order valence-corrected chi connectivity index (χ1v) is 10.5. The molecule has 152 valence electrons. The van der Waals surface area contributed by atoms with Gasteiger partial charge in [-0.25, -0.2) is 0 Å². The molecular weight excluding hydrogens is 373 g/mol. The Morgan fingerprint density at radius 3 is 2.12 bits per heavy atom. The minimum atomic E-state index is -4.27. The number of halogens is 2. The molecule has 10 heteroatoms. The van der Waals surface area contributed by atoms with Gasteiger partial charge in [0.1, 0.15) is 12.2 Å². The molecule has 0 amide bonds. The molecule has 0 aromatic rings. The van der Waals surface area contributed by atoms with E-state index in [2.05, 4.69) is 0 Å². The van der Waals surface area contributed by atoms with Crippen molar-refractivity contribution in [3.63, 3.8) is 0 Å². The largest absolute Gasteiger partial charge is 0.459 e. The van der Waals surface area contributed by atoms with Crippen molar-refractivity contribution < 1.29 is 41.7 Å². The van der Waals surface area contributed by atoms with Gasteiger partial charge >= 0.3 is 17.6 Å². The highest BCUT2D eigenvalue weighted by atomic mass is 31.2. The molecule has 1 saturated heterocycles. The Balaban J connectivity index is 3.12. The lowest BCUT2D eigenvalue weighted by Gasteiger charge is -2.44. The fraction of sp³-hybridized carbons (Fsp3) is 0.875. The Morgan fingerprint density at radius 1 is 1.12 bits per heavy atom. The Bertz CT molecular complexity index is 569. The van der Waals surface area contributed by atoms with Crippen LogP contribution in [-0.4, -0.2) is 49.4 Å². The number of hydrogen-bond donors (Lipinski definition) is 0. The van der Waals surface area contributed by atoms with Gasteiger partial charge in [-0.05, 0) is 6.92 Å². The monoisotopic (exact) mass is 400 g/mol. The predicted octanol–water partition coefficient (Wildman–Crippen LogP) is 3.41. The SMILES string of the molecule is CCOP(C)(=O)C(F)(F)C[C@H]1OC(OC(C)=O)[C@@H](C)[C@@H](C)[C@@H]1OC(C)=O. The second kappa shape index (κ2) is 8.76. The predicted molar refractivity (Wildman–Crippen MR) is 89.0 cm³/mol. The number of hydrogen-bond acceptors (Lipinski definition) is 7. The molecule has 1 fully saturated rings. The van der Waals surface area contributed by atoms with Crippen LogP contribution in [0.1, 0.15) is 41.0 Å². The van der Waals surface area contributed by atoms with Gasteiger partial charge in [-0.15, -0.1) is 0 Å². The average molecular weight is 400 g/mol. The summed E-state index contributed by atoms with van der Waals surface area (Å²) >= 11 is 0. The van der Waals surface area contributed by atoms with Gasteiger partial charge in [0.05, 0.1) is 13.0 Å². The lowest BCUT2D eigenvalue weighted by Crippen LogP contribution is -2.53. The molecule has 0 spiro atoms. The van der Waals surface area contributed by atoms with E-state index in [4.69, 9.17) is 18.7 Å². The van der Waals surface area contributed by atoms with E-state index in [1.165, 1.54) is 13.8 Å². The van der Waals surface area contributed by atoms with Gasteiger partial charge in [0.15, 0.2) is 0 Å². The molecule has 7 nitrogen and oxygen atoms in total. The van der Waals surface area contributed by atoms with E-state index in [0.29, 0.717) is 0 Å². The second-order valence-electron chi connectivity index (χ2n) is 6.58. The van der Waals surface area contributed by atoms with Gasteiger partial charge in [-0.3, -0.25) is 14.2 Å². The smallest absolute Gasteiger partial charge is 0.324 e. The van der Waals surface area contributed by atoms with Crippen LogP contribution in [0.25, 0.3) is 0 Å². The molecule has 0 radical (unpaired) electrons. The van der Waals surface area contributed by atoms with Crippen molar-refractivity contribution in [1.82, 2.24) is 0 Å². The Hall–Kier alpha value is -1.05. The highest BCUT2D eigenvalue weighted by Gasteiger charge is 2.54. The molecule has 1 heterocycles. The van der Waals surface area contributed by atoms with Crippen LogP contribution in [0.2, 0.25) is 0 Å². The van der Waals surface area contributed by atoms with E-state index in [1.807, 2.05) is 0 Å². The van der Waals surface area contributed by atoms with Gasteiger partial charge < -0.3 is 18.7 Å². The van der Waals surface area contributed by atoms with Crippen LogP contribution in [0.3, 0.4) is 0 Å². The summed E-state index contributed by atoms with van der Waals surface area (Å²) in [5.74, 6) is -2.10. The van der Waals surface area contributed by atoms with Crippen molar-refractivity contribution in [3.05, 3.63) is 0 Å². The molecule has 0 saturated carbocycles. The number of alkyl halides is 2. The Kier molecular flexibility index (Phi) is 7.74. The lowest BCUT2D eigenvalue weighted by atomic mass is 9.83. The van der Waals surface area contributed by atoms with E-state index >= 15 is 0 Å². The maximum Gasteiger partial charge on any atom is 0.324 e. The summed E-state index contributed by atoms with van der Waals surface area (Å²) in [5.41, 5.74) is -3.70. The zero-order valence-electron chi connectivity index (χ0n) is 15.9. The topological polar surface area (TPSA) is 88.1 Å². The van der Waals surface area contributed by atoms with E-state index in [9.17, 15) is 22.9 Å². The normalized spacial score (nSPS) is 31.8. The van der Waals surface area contributed by atoms with Crippen LogP contribution in [-0.2, 0) is 32.9 Å². The minimum Gasteiger partial charge on any atom is -0.459 e. The first-order valence-electron chi connectivity index (χ1n) is 8.42. The second-order valence-corrected chi connectivity index (χ2v) is 9.18. The summed E-state index contributed by atoms with van der Waals surface area (Å²) in [7, 11) is -4.27. The van der Waals surface area contributed by atoms with Crippen LogP contribution in [0.15, 0.2) is 0 Å². The molecule has 1 aliphatic rings. The third-order valence-corrected chi connectivity index (χ3v) is 6.57. The van der Waals surface area contributed by atoms with Crippen LogP contribution < -0.4 is 0 Å². The van der Waals surface area contributed by atoms with E-state index in [0.717, 1.165) is 13.6 Å². The van der Waals surface area contributed by atoms with Gasteiger partial charge in [-0.2, -0.15) is 8.78 Å². The Morgan fingerprint density at radius 2 is 1.65 bits per heavy atom. The molecule has 2 unspecified atom stereocenters. The standard InChI is InChI=1S/C16H27F2O7P/c1-7-22-26(6,21)16(17,18)8-13-14(23-11(4)19)9(2)10(3)15(25-13)24-12(5)20/h9-10,13-15H,7-8H2,1-6H3/t9-,10+,13-,14+,15?,26?/m1/s1. The number of carbonyl (C=O) groups is 2. The van der Waals surface area contributed by atoms with E-state index in [-0.39, 0.29) is 6.61 Å². The van der Waals surface area contributed by atoms with E-state index < -0.39 is 61.7 Å². The molecule has 6 atom stereocenters. The first-order chi connectivity index (χ1) is 11.8. The summed E-state index contributed by atoms with van der Waals surface area (Å²) in [5, 5.41) is 0. The quantitative estimate of drug-likeness (QED) is 0.478. The number of ether oxygens (including phenoxy) is 3. The highest BCUT2D eigenvalue weighted by molar-refractivity contribution is 7.59. The van der Waals surface area contributed by atoms with Gasteiger partial charge in [0.25, 0.3) is 7.37 Å². The van der Waals surface area contributed by atoms with Crippen LogP contribution in [0.4, 0.5) is 8.78 Å². The first kappa shape index (κ1) is 23.0. The fourth-order valence-corrected chi connectivity index (χ4v) is 4.04. The highest BCUT2D eigenvalue weighted by Crippen LogP contribution is 2.60. The third kappa shape index (κ3) is 5.47. The van der Waals surface area contributed by atoms with Crippen molar-refractivity contribution in [2.24, 2.45) is 11.8 Å². The van der Waals surface area contributed by atoms with Crippen LogP contribution in [0, 0.1) is 11.8 Å². The summed E-state index contributed by atoms with van der Waals surface area (Å²) in [4.78, 5) is 22.7. The zero-order chi connectivity index (χ0) is 20.3. The molecule has 0 aliphatic carbocycles. The number of rotatable bonds is 7. The van der Waals surface area contributed by atoms with E-state index in [1.54, 1.807) is 13.8 Å². The average Bonchev–Trinajstić information content (AvgIpc) is 2.47. The third-order valence-electron chi connectivity index (χ3n) is 4.45. The van der Waals surface area contributed by atoms with Crippen molar-refractivity contribution in [2.75, 3.05) is 13.3 Å². The summed E-state index contributed by atoms with van der Waals surface area (Å²) in [6.45, 7) is 7.92. The molecule has 26 heavy (non-hydrogen) atoms. The maximum absolute atomic E-state index is 14.6. The molecule has 0 aromatic heterocycles.